The summed E-state index contributed by atoms with van der Waals surface area (Å²) < 4.78 is 5.61. The molecule has 0 saturated heterocycles. The lowest BCUT2D eigenvalue weighted by Gasteiger charge is -2.26. The number of rotatable bonds is 4. The van der Waals surface area contributed by atoms with Crippen LogP contribution < -0.4 is 9.64 Å². The highest BCUT2D eigenvalue weighted by molar-refractivity contribution is 5.99. The van der Waals surface area contributed by atoms with Crippen LogP contribution in [0.3, 0.4) is 0 Å². The third kappa shape index (κ3) is 2.82. The summed E-state index contributed by atoms with van der Waals surface area (Å²) in [5, 5.41) is 11.1. The molecule has 2 aromatic rings. The molecule has 1 amide bonds. The molecular weight excluding hydrogens is 308 g/mol. The number of para-hydroxylation sites is 3. The number of benzene rings is 2. The van der Waals surface area contributed by atoms with Crippen molar-refractivity contribution >= 4 is 17.3 Å². The Morgan fingerprint density at radius 1 is 1.25 bits per heavy atom. The molecule has 24 heavy (non-hydrogen) atoms. The standard InChI is InChI=1S/C18H18N2O4/c1-12-11-14-7-3-4-8-15(14)19(12)18(21)13(2)24-17-10-6-5-9-16(17)20(22)23/h3-10,12-13H,11H2,1-2H3/t12-,13-/m1/s1. The Labute approximate surface area is 139 Å². The number of nitro groups is 1. The fourth-order valence-electron chi connectivity index (χ4n) is 3.05. The zero-order valence-corrected chi connectivity index (χ0v) is 13.5. The van der Waals surface area contributed by atoms with E-state index in [1.807, 2.05) is 31.2 Å². The van der Waals surface area contributed by atoms with E-state index in [1.165, 1.54) is 12.1 Å². The van der Waals surface area contributed by atoms with Gasteiger partial charge in [-0.1, -0.05) is 30.3 Å². The van der Waals surface area contributed by atoms with E-state index in [-0.39, 0.29) is 23.4 Å². The average molecular weight is 326 g/mol. The number of fused-ring (bicyclic) bond motifs is 1. The second-order valence-corrected chi connectivity index (χ2v) is 5.88. The van der Waals surface area contributed by atoms with E-state index in [0.29, 0.717) is 0 Å². The second-order valence-electron chi connectivity index (χ2n) is 5.88. The maximum Gasteiger partial charge on any atom is 0.310 e. The van der Waals surface area contributed by atoms with Crippen molar-refractivity contribution in [2.45, 2.75) is 32.4 Å². The first-order chi connectivity index (χ1) is 11.5. The third-order valence-electron chi connectivity index (χ3n) is 4.16. The lowest BCUT2D eigenvalue weighted by molar-refractivity contribution is -0.386. The third-order valence-corrected chi connectivity index (χ3v) is 4.16. The Balaban J connectivity index is 1.83. The van der Waals surface area contributed by atoms with E-state index in [1.54, 1.807) is 24.0 Å². The first-order valence-corrected chi connectivity index (χ1v) is 7.80. The fourth-order valence-corrected chi connectivity index (χ4v) is 3.05. The summed E-state index contributed by atoms with van der Waals surface area (Å²) in [5.41, 5.74) is 1.86. The molecule has 2 aromatic carbocycles. The van der Waals surface area contributed by atoms with Gasteiger partial charge < -0.3 is 9.64 Å². The molecule has 0 N–H and O–H groups in total. The monoisotopic (exact) mass is 326 g/mol. The second kappa shape index (κ2) is 6.31. The molecule has 0 spiro atoms. The molecule has 0 aliphatic carbocycles. The van der Waals surface area contributed by atoms with Gasteiger partial charge in [-0.25, -0.2) is 0 Å². The largest absolute Gasteiger partial charge is 0.474 e. The van der Waals surface area contributed by atoms with E-state index in [9.17, 15) is 14.9 Å². The van der Waals surface area contributed by atoms with Gasteiger partial charge >= 0.3 is 5.69 Å². The highest BCUT2D eigenvalue weighted by Crippen LogP contribution is 2.33. The van der Waals surface area contributed by atoms with Gasteiger partial charge in [0.2, 0.25) is 0 Å². The zero-order valence-electron chi connectivity index (χ0n) is 13.5. The Hall–Kier alpha value is -2.89. The number of nitrogens with zero attached hydrogens (tertiary/aromatic N) is 2. The maximum atomic E-state index is 12.8. The molecule has 1 heterocycles. The molecule has 6 nitrogen and oxygen atoms in total. The molecule has 0 saturated carbocycles. The molecular formula is C18H18N2O4. The Bertz CT molecular complexity index is 790. The van der Waals surface area contributed by atoms with Gasteiger partial charge in [0.25, 0.3) is 5.91 Å². The van der Waals surface area contributed by atoms with E-state index < -0.39 is 11.0 Å². The average Bonchev–Trinajstić information content (AvgIpc) is 2.90. The van der Waals surface area contributed by atoms with Crippen LogP contribution in [-0.2, 0) is 11.2 Å². The molecule has 0 unspecified atom stereocenters. The molecule has 124 valence electrons. The first-order valence-electron chi connectivity index (χ1n) is 7.80. The smallest absolute Gasteiger partial charge is 0.310 e. The topological polar surface area (TPSA) is 72.7 Å². The quantitative estimate of drug-likeness (QED) is 0.638. The Kier molecular flexibility index (Phi) is 4.20. The minimum atomic E-state index is -0.820. The van der Waals surface area contributed by atoms with Crippen LogP contribution in [0.15, 0.2) is 48.5 Å². The minimum absolute atomic E-state index is 0.0340. The van der Waals surface area contributed by atoms with Crippen LogP contribution in [0.5, 0.6) is 5.75 Å². The predicted molar refractivity (Wildman–Crippen MR) is 90.3 cm³/mol. The highest BCUT2D eigenvalue weighted by Gasteiger charge is 2.34. The van der Waals surface area contributed by atoms with Gasteiger partial charge in [0.1, 0.15) is 0 Å². The summed E-state index contributed by atoms with van der Waals surface area (Å²) in [5.74, 6) is -0.103. The number of anilines is 1. The van der Waals surface area contributed by atoms with E-state index in [2.05, 4.69) is 0 Å². The number of carbonyl (C=O) groups excluding carboxylic acids is 1. The van der Waals surface area contributed by atoms with Crippen molar-refractivity contribution in [2.24, 2.45) is 0 Å². The van der Waals surface area contributed by atoms with E-state index in [0.717, 1.165) is 17.7 Å². The van der Waals surface area contributed by atoms with Crippen LogP contribution in [0, 0.1) is 10.1 Å². The normalized spacial score (nSPS) is 17.2. The minimum Gasteiger partial charge on any atom is -0.474 e. The Morgan fingerprint density at radius 2 is 1.92 bits per heavy atom. The van der Waals surface area contributed by atoms with Crippen LogP contribution >= 0.6 is 0 Å². The summed E-state index contributed by atoms with van der Waals surface area (Å²) in [4.78, 5) is 25.1. The van der Waals surface area contributed by atoms with E-state index >= 15 is 0 Å². The van der Waals surface area contributed by atoms with Crippen LogP contribution in [0.1, 0.15) is 19.4 Å². The van der Waals surface area contributed by atoms with Crippen molar-refractivity contribution in [1.82, 2.24) is 0 Å². The first kappa shape index (κ1) is 16.0. The number of carbonyl (C=O) groups is 1. The van der Waals surface area contributed by atoms with Gasteiger partial charge in [-0.15, -0.1) is 0 Å². The van der Waals surface area contributed by atoms with E-state index in [4.69, 9.17) is 4.74 Å². The maximum absolute atomic E-state index is 12.8. The van der Waals surface area contributed by atoms with Crippen LogP contribution in [0.4, 0.5) is 11.4 Å². The Morgan fingerprint density at radius 3 is 2.67 bits per heavy atom. The summed E-state index contributed by atoms with van der Waals surface area (Å²) in [7, 11) is 0. The molecule has 0 fully saturated rings. The molecule has 3 rings (SSSR count). The molecule has 1 aliphatic rings. The van der Waals surface area contributed by atoms with Crippen LogP contribution in [0.2, 0.25) is 0 Å². The number of hydrogen-bond donors (Lipinski definition) is 0. The van der Waals surface area contributed by atoms with Crippen molar-refractivity contribution in [1.29, 1.82) is 0 Å². The van der Waals surface area contributed by atoms with Crippen LogP contribution in [0.25, 0.3) is 0 Å². The number of amides is 1. The molecule has 1 aliphatic heterocycles. The van der Waals surface area contributed by atoms with Crippen molar-refractivity contribution in [2.75, 3.05) is 4.90 Å². The number of ether oxygens (including phenoxy) is 1. The molecule has 0 aromatic heterocycles. The van der Waals surface area contributed by atoms with Crippen molar-refractivity contribution in [3.63, 3.8) is 0 Å². The summed E-state index contributed by atoms with van der Waals surface area (Å²) in [6.07, 6.45) is -0.0279. The molecule has 6 heteroatoms. The van der Waals surface area contributed by atoms with Gasteiger partial charge in [0.05, 0.1) is 4.92 Å². The van der Waals surface area contributed by atoms with Gasteiger partial charge in [0.15, 0.2) is 11.9 Å². The predicted octanol–water partition coefficient (Wildman–Crippen LogP) is 3.34. The SMILES string of the molecule is C[C@@H]1Cc2ccccc2N1C(=O)[C@@H](C)Oc1ccccc1[N+](=O)[O-]. The molecule has 0 radical (unpaired) electrons. The van der Waals surface area contributed by atoms with Crippen molar-refractivity contribution in [3.05, 3.63) is 64.2 Å². The fraction of sp³-hybridized carbons (Fsp3) is 0.278. The van der Waals surface area contributed by atoms with Gasteiger partial charge in [0, 0.05) is 17.8 Å². The lowest BCUT2D eigenvalue weighted by Crippen LogP contribution is -2.43. The summed E-state index contributed by atoms with van der Waals surface area (Å²) >= 11 is 0. The number of nitro benzene ring substituents is 1. The lowest BCUT2D eigenvalue weighted by atomic mass is 10.1. The summed E-state index contributed by atoms with van der Waals surface area (Å²) in [6.45, 7) is 3.60. The van der Waals surface area contributed by atoms with Crippen molar-refractivity contribution in [3.8, 4) is 5.75 Å². The molecule has 2 atom stereocenters. The summed E-state index contributed by atoms with van der Waals surface area (Å²) in [6, 6.07) is 13.9. The zero-order chi connectivity index (χ0) is 17.3. The van der Waals surface area contributed by atoms with Gasteiger partial charge in [-0.3, -0.25) is 14.9 Å². The van der Waals surface area contributed by atoms with Gasteiger partial charge in [-0.05, 0) is 38.0 Å². The van der Waals surface area contributed by atoms with Gasteiger partial charge in [-0.2, -0.15) is 0 Å². The van der Waals surface area contributed by atoms with Crippen LogP contribution in [-0.4, -0.2) is 23.0 Å². The molecule has 0 bridgehead atoms. The highest BCUT2D eigenvalue weighted by atomic mass is 16.6. The number of hydrogen-bond acceptors (Lipinski definition) is 4. The van der Waals surface area contributed by atoms with Crippen molar-refractivity contribution < 1.29 is 14.5 Å².